The average molecular weight is 300 g/mol. The van der Waals surface area contributed by atoms with E-state index in [1.807, 2.05) is 23.5 Å². The van der Waals surface area contributed by atoms with Crippen LogP contribution in [0.3, 0.4) is 0 Å². The Labute approximate surface area is 108 Å². The molecule has 16 heavy (non-hydrogen) atoms. The maximum absolute atomic E-state index is 5.34. The number of rotatable bonds is 4. The first-order chi connectivity index (χ1) is 7.66. The first kappa shape index (κ1) is 11.9. The fourth-order valence-electron chi connectivity index (χ4n) is 1.50. The fraction of sp³-hybridized carbons (Fsp3) is 0.333. The smallest absolute Gasteiger partial charge is 0.120 e. The molecule has 0 spiro atoms. The lowest BCUT2D eigenvalue weighted by atomic mass is 10.2. The molecule has 0 amide bonds. The van der Waals surface area contributed by atoms with Gasteiger partial charge in [-0.15, -0.1) is 11.3 Å². The quantitative estimate of drug-likeness (QED) is 0.912. The number of hydrogen-bond donors (Lipinski definition) is 1. The number of furan rings is 1. The molecule has 0 aliphatic heterocycles. The lowest BCUT2D eigenvalue weighted by molar-refractivity contribution is 0.431. The molecular weight excluding hydrogens is 286 g/mol. The second-order valence-corrected chi connectivity index (χ2v) is 5.93. The second-order valence-electron chi connectivity index (χ2n) is 3.73. The minimum atomic E-state index is 0.246. The van der Waals surface area contributed by atoms with Gasteiger partial charge in [-0.2, -0.15) is 0 Å². The Kier molecular flexibility index (Phi) is 3.84. The van der Waals surface area contributed by atoms with Gasteiger partial charge in [0.25, 0.3) is 0 Å². The summed E-state index contributed by atoms with van der Waals surface area (Å²) in [6.07, 6.45) is 1.71. The molecule has 0 aliphatic rings. The molecule has 2 aromatic rings. The van der Waals surface area contributed by atoms with Crippen LogP contribution in [0.4, 0.5) is 0 Å². The van der Waals surface area contributed by atoms with Crippen molar-refractivity contribution < 1.29 is 4.42 Å². The van der Waals surface area contributed by atoms with E-state index in [1.54, 1.807) is 6.26 Å². The van der Waals surface area contributed by atoms with Crippen molar-refractivity contribution in [3.8, 4) is 0 Å². The molecule has 2 nitrogen and oxygen atoms in total. The van der Waals surface area contributed by atoms with Crippen LogP contribution in [-0.4, -0.2) is 0 Å². The van der Waals surface area contributed by atoms with Gasteiger partial charge in [-0.3, -0.25) is 0 Å². The van der Waals surface area contributed by atoms with Crippen LogP contribution >= 0.6 is 27.3 Å². The Morgan fingerprint density at radius 2 is 2.38 bits per heavy atom. The van der Waals surface area contributed by atoms with E-state index in [0.29, 0.717) is 0 Å². The maximum atomic E-state index is 5.34. The summed E-state index contributed by atoms with van der Waals surface area (Å²) in [7, 11) is 0. The van der Waals surface area contributed by atoms with E-state index in [2.05, 4.69) is 41.2 Å². The first-order valence-electron chi connectivity index (χ1n) is 5.18. The third-order valence-corrected chi connectivity index (χ3v) is 4.60. The largest absolute Gasteiger partial charge is 0.468 e. The normalized spacial score (nSPS) is 12.9. The predicted molar refractivity (Wildman–Crippen MR) is 70.7 cm³/mol. The van der Waals surface area contributed by atoms with Gasteiger partial charge in [-0.05, 0) is 48.0 Å². The Morgan fingerprint density at radius 3 is 2.94 bits per heavy atom. The van der Waals surface area contributed by atoms with Gasteiger partial charge < -0.3 is 9.73 Å². The van der Waals surface area contributed by atoms with Gasteiger partial charge in [0.1, 0.15) is 5.76 Å². The monoisotopic (exact) mass is 299 g/mol. The summed E-state index contributed by atoms with van der Waals surface area (Å²) in [5.74, 6) is 0.979. The number of hydrogen-bond acceptors (Lipinski definition) is 3. The molecule has 0 radical (unpaired) electrons. The highest BCUT2D eigenvalue weighted by molar-refractivity contribution is 9.10. The molecule has 1 N–H and O–H groups in total. The Hall–Kier alpha value is -0.580. The van der Waals surface area contributed by atoms with Crippen LogP contribution in [0.5, 0.6) is 0 Å². The van der Waals surface area contributed by atoms with Crippen molar-refractivity contribution in [1.82, 2.24) is 5.32 Å². The van der Waals surface area contributed by atoms with Crippen molar-refractivity contribution in [3.63, 3.8) is 0 Å². The summed E-state index contributed by atoms with van der Waals surface area (Å²) < 4.78 is 6.54. The highest BCUT2D eigenvalue weighted by Gasteiger charge is 2.08. The first-order valence-corrected chi connectivity index (χ1v) is 6.79. The SMILES string of the molecule is Cc1sc(CNC(C)c2ccco2)cc1Br. The molecule has 2 heterocycles. The van der Waals surface area contributed by atoms with E-state index in [4.69, 9.17) is 4.42 Å². The molecule has 4 heteroatoms. The van der Waals surface area contributed by atoms with Crippen LogP contribution in [0.2, 0.25) is 0 Å². The Balaban J connectivity index is 1.92. The van der Waals surface area contributed by atoms with Crippen LogP contribution in [0.15, 0.2) is 33.4 Å². The van der Waals surface area contributed by atoms with E-state index in [9.17, 15) is 0 Å². The van der Waals surface area contributed by atoms with Gasteiger partial charge in [0.2, 0.25) is 0 Å². The van der Waals surface area contributed by atoms with Gasteiger partial charge in [-0.1, -0.05) is 0 Å². The van der Waals surface area contributed by atoms with Crippen molar-refractivity contribution in [1.29, 1.82) is 0 Å². The second kappa shape index (κ2) is 5.17. The molecule has 2 rings (SSSR count). The van der Waals surface area contributed by atoms with Crippen LogP contribution in [0.25, 0.3) is 0 Å². The average Bonchev–Trinajstić information content (AvgIpc) is 2.86. The molecule has 0 saturated heterocycles. The zero-order chi connectivity index (χ0) is 11.5. The Morgan fingerprint density at radius 1 is 1.56 bits per heavy atom. The van der Waals surface area contributed by atoms with Gasteiger partial charge in [-0.25, -0.2) is 0 Å². The van der Waals surface area contributed by atoms with Gasteiger partial charge >= 0.3 is 0 Å². The van der Waals surface area contributed by atoms with Crippen molar-refractivity contribution >= 4 is 27.3 Å². The molecule has 1 unspecified atom stereocenters. The standard InChI is InChI=1S/C12H14BrNOS/c1-8(12-4-3-5-15-12)14-7-10-6-11(13)9(2)16-10/h3-6,8,14H,7H2,1-2H3. The van der Waals surface area contributed by atoms with Crippen LogP contribution in [0, 0.1) is 6.92 Å². The summed E-state index contributed by atoms with van der Waals surface area (Å²) in [6, 6.07) is 6.32. The summed E-state index contributed by atoms with van der Waals surface area (Å²) in [5, 5.41) is 3.44. The van der Waals surface area contributed by atoms with E-state index in [1.165, 1.54) is 14.2 Å². The summed E-state index contributed by atoms with van der Waals surface area (Å²) in [4.78, 5) is 2.66. The number of halogens is 1. The molecular formula is C12H14BrNOS. The molecule has 0 aromatic carbocycles. The van der Waals surface area contributed by atoms with Crippen molar-refractivity contribution in [3.05, 3.63) is 44.4 Å². The molecule has 86 valence electrons. The zero-order valence-corrected chi connectivity index (χ0v) is 11.7. The number of nitrogens with one attached hydrogen (secondary N) is 1. The van der Waals surface area contributed by atoms with E-state index in [-0.39, 0.29) is 6.04 Å². The third-order valence-electron chi connectivity index (χ3n) is 2.46. The zero-order valence-electron chi connectivity index (χ0n) is 9.29. The molecule has 0 aliphatic carbocycles. The van der Waals surface area contributed by atoms with Gasteiger partial charge in [0.15, 0.2) is 0 Å². The number of aryl methyl sites for hydroxylation is 1. The minimum absolute atomic E-state index is 0.246. The molecule has 0 saturated carbocycles. The molecule has 2 aromatic heterocycles. The molecule has 1 atom stereocenters. The van der Waals surface area contributed by atoms with Crippen LogP contribution < -0.4 is 5.32 Å². The molecule has 0 bridgehead atoms. The minimum Gasteiger partial charge on any atom is -0.468 e. The summed E-state index contributed by atoms with van der Waals surface area (Å²) >= 11 is 5.34. The van der Waals surface area contributed by atoms with Crippen LogP contribution in [-0.2, 0) is 6.54 Å². The maximum Gasteiger partial charge on any atom is 0.120 e. The van der Waals surface area contributed by atoms with E-state index in [0.717, 1.165) is 12.3 Å². The van der Waals surface area contributed by atoms with Crippen molar-refractivity contribution in [2.75, 3.05) is 0 Å². The lowest BCUT2D eigenvalue weighted by Gasteiger charge is -2.09. The summed E-state index contributed by atoms with van der Waals surface area (Å²) in [6.45, 7) is 5.10. The van der Waals surface area contributed by atoms with Crippen LogP contribution in [0.1, 0.15) is 28.5 Å². The highest BCUT2D eigenvalue weighted by Crippen LogP contribution is 2.26. The van der Waals surface area contributed by atoms with Gasteiger partial charge in [0.05, 0.1) is 12.3 Å². The predicted octanol–water partition coefficient (Wildman–Crippen LogP) is 4.26. The van der Waals surface area contributed by atoms with E-state index >= 15 is 0 Å². The van der Waals surface area contributed by atoms with Crippen molar-refractivity contribution in [2.45, 2.75) is 26.4 Å². The van der Waals surface area contributed by atoms with Crippen molar-refractivity contribution in [2.24, 2.45) is 0 Å². The topological polar surface area (TPSA) is 25.2 Å². The number of thiophene rings is 1. The highest BCUT2D eigenvalue weighted by atomic mass is 79.9. The van der Waals surface area contributed by atoms with Gasteiger partial charge in [0, 0.05) is 20.8 Å². The van der Waals surface area contributed by atoms with E-state index < -0.39 is 0 Å². The molecule has 0 fully saturated rings. The Bertz CT molecular complexity index is 430. The summed E-state index contributed by atoms with van der Waals surface area (Å²) in [5.41, 5.74) is 0. The lowest BCUT2D eigenvalue weighted by Crippen LogP contribution is -2.16. The fourth-order valence-corrected chi connectivity index (χ4v) is 3.05. The third kappa shape index (κ3) is 2.75.